The van der Waals surface area contributed by atoms with Crippen LogP contribution in [0.4, 0.5) is 5.69 Å². The van der Waals surface area contributed by atoms with Crippen molar-refractivity contribution < 1.29 is 17.9 Å². The largest absolute Gasteiger partial charge is 0.495 e. The lowest BCUT2D eigenvalue weighted by molar-refractivity contribution is 0.0936. The molecule has 1 amide bonds. The van der Waals surface area contributed by atoms with Gasteiger partial charge in [0.25, 0.3) is 15.9 Å². The number of benzene rings is 3. The van der Waals surface area contributed by atoms with Crippen LogP contribution in [0.5, 0.6) is 5.75 Å². The molecule has 0 spiro atoms. The summed E-state index contributed by atoms with van der Waals surface area (Å²) < 4.78 is 32.6. The Morgan fingerprint density at radius 3 is 2.42 bits per heavy atom. The first-order chi connectivity index (χ1) is 14.9. The first-order valence-corrected chi connectivity index (χ1v) is 11.5. The van der Waals surface area contributed by atoms with Gasteiger partial charge in [-0.15, -0.1) is 0 Å². The predicted octanol–water partition coefficient (Wildman–Crippen LogP) is 3.94. The average molecular weight is 437 g/mol. The topological polar surface area (TPSA) is 75.7 Å². The van der Waals surface area contributed by atoms with E-state index in [0.29, 0.717) is 17.0 Å². The lowest BCUT2D eigenvalue weighted by atomic mass is 10.1. The lowest BCUT2D eigenvalue weighted by Gasteiger charge is -2.21. The Morgan fingerprint density at radius 1 is 1.00 bits per heavy atom. The second-order valence-electron chi connectivity index (χ2n) is 7.43. The molecule has 3 aromatic carbocycles. The van der Waals surface area contributed by atoms with Crippen LogP contribution in [-0.2, 0) is 16.4 Å². The molecule has 3 aromatic rings. The number of anilines is 1. The van der Waals surface area contributed by atoms with Crippen LogP contribution in [0.25, 0.3) is 0 Å². The highest BCUT2D eigenvalue weighted by Gasteiger charge is 2.26. The molecule has 160 valence electrons. The van der Waals surface area contributed by atoms with Crippen LogP contribution < -0.4 is 14.4 Å². The van der Waals surface area contributed by atoms with Crippen LogP contribution >= 0.6 is 0 Å². The van der Waals surface area contributed by atoms with Crippen LogP contribution in [0.1, 0.15) is 33.9 Å². The Kier molecular flexibility index (Phi) is 5.69. The summed E-state index contributed by atoms with van der Waals surface area (Å²) in [7, 11) is -0.835. The van der Waals surface area contributed by atoms with Crippen LogP contribution in [0, 0.1) is 0 Å². The number of hydrogen-bond donors (Lipinski definition) is 1. The molecule has 1 atom stereocenters. The Bertz CT molecular complexity index is 1210. The molecule has 1 aliphatic carbocycles. The van der Waals surface area contributed by atoms with E-state index in [0.717, 1.165) is 18.4 Å². The third-order valence-corrected chi connectivity index (χ3v) is 7.42. The molecule has 0 saturated heterocycles. The van der Waals surface area contributed by atoms with Gasteiger partial charge in [0.15, 0.2) is 0 Å². The van der Waals surface area contributed by atoms with Gasteiger partial charge < -0.3 is 10.1 Å². The minimum Gasteiger partial charge on any atom is -0.495 e. The van der Waals surface area contributed by atoms with Gasteiger partial charge in [0, 0.05) is 12.6 Å². The van der Waals surface area contributed by atoms with Crippen molar-refractivity contribution >= 4 is 21.6 Å². The number of hydrogen-bond acceptors (Lipinski definition) is 4. The zero-order chi connectivity index (χ0) is 22.0. The summed E-state index contributed by atoms with van der Waals surface area (Å²) in [6, 6.07) is 21.0. The van der Waals surface area contributed by atoms with Gasteiger partial charge in [-0.1, -0.05) is 36.4 Å². The van der Waals surface area contributed by atoms with Crippen molar-refractivity contribution in [2.75, 3.05) is 18.5 Å². The van der Waals surface area contributed by atoms with E-state index >= 15 is 0 Å². The van der Waals surface area contributed by atoms with Crippen molar-refractivity contribution in [3.63, 3.8) is 0 Å². The highest BCUT2D eigenvalue weighted by atomic mass is 32.2. The molecule has 1 unspecified atom stereocenters. The number of carbonyl (C=O) groups excluding carboxylic acids is 1. The molecular weight excluding hydrogens is 412 g/mol. The highest BCUT2D eigenvalue weighted by Crippen LogP contribution is 2.32. The lowest BCUT2D eigenvalue weighted by Crippen LogP contribution is -2.28. The van der Waals surface area contributed by atoms with Crippen molar-refractivity contribution in [3.8, 4) is 5.75 Å². The van der Waals surface area contributed by atoms with Crippen LogP contribution in [0.3, 0.4) is 0 Å². The summed E-state index contributed by atoms with van der Waals surface area (Å²) in [5, 5.41) is 3.06. The molecule has 0 saturated carbocycles. The van der Waals surface area contributed by atoms with Gasteiger partial charge in [0.05, 0.1) is 23.7 Å². The quantitative estimate of drug-likeness (QED) is 0.635. The molecule has 1 N–H and O–H groups in total. The van der Waals surface area contributed by atoms with Gasteiger partial charge in [-0.3, -0.25) is 9.10 Å². The van der Waals surface area contributed by atoms with E-state index in [1.165, 1.54) is 36.2 Å². The number of nitrogens with zero attached hydrogens (tertiary/aromatic N) is 1. The second-order valence-corrected chi connectivity index (χ2v) is 9.40. The number of fused-ring (bicyclic) bond motifs is 1. The standard InChI is InChI=1S/C24H24N2O4S/c1-26(22-9-5-6-10-23(22)30-2)31(28,29)19-14-11-18(12-15-19)24(27)25-21-16-13-17-7-3-4-8-20(17)21/h3-12,14-15,21H,13,16H2,1-2H3,(H,25,27). The Morgan fingerprint density at radius 2 is 1.68 bits per heavy atom. The van der Waals surface area contributed by atoms with E-state index in [1.54, 1.807) is 36.4 Å². The molecule has 7 heteroatoms. The van der Waals surface area contributed by atoms with Crippen LogP contribution in [0.2, 0.25) is 0 Å². The summed E-state index contributed by atoms with van der Waals surface area (Å²) in [5.41, 5.74) is 3.26. The van der Waals surface area contributed by atoms with E-state index in [9.17, 15) is 13.2 Å². The number of nitrogens with one attached hydrogen (secondary N) is 1. The molecule has 0 radical (unpaired) electrons. The molecule has 4 rings (SSSR count). The van der Waals surface area contributed by atoms with E-state index in [-0.39, 0.29) is 16.8 Å². The second kappa shape index (κ2) is 8.43. The third-order valence-electron chi connectivity index (χ3n) is 5.64. The van der Waals surface area contributed by atoms with Gasteiger partial charge in [-0.05, 0) is 60.4 Å². The molecule has 1 aliphatic rings. The third kappa shape index (κ3) is 4.01. The van der Waals surface area contributed by atoms with E-state index in [2.05, 4.69) is 11.4 Å². The van der Waals surface area contributed by atoms with Gasteiger partial charge in [0.1, 0.15) is 5.75 Å². The number of aryl methyl sites for hydroxylation is 1. The molecule has 31 heavy (non-hydrogen) atoms. The van der Waals surface area contributed by atoms with Crippen molar-refractivity contribution in [3.05, 3.63) is 89.5 Å². The van der Waals surface area contributed by atoms with E-state index in [1.807, 2.05) is 18.2 Å². The number of para-hydroxylation sites is 2. The summed E-state index contributed by atoms with van der Waals surface area (Å²) in [4.78, 5) is 12.8. The molecular formula is C24H24N2O4S. The summed E-state index contributed by atoms with van der Waals surface area (Å²) in [6.07, 6.45) is 1.80. The maximum atomic E-state index is 13.1. The fourth-order valence-electron chi connectivity index (χ4n) is 3.90. The van der Waals surface area contributed by atoms with Gasteiger partial charge in [0.2, 0.25) is 0 Å². The van der Waals surface area contributed by atoms with Gasteiger partial charge in [-0.25, -0.2) is 8.42 Å². The van der Waals surface area contributed by atoms with Gasteiger partial charge in [-0.2, -0.15) is 0 Å². The summed E-state index contributed by atoms with van der Waals surface area (Å²) in [5.74, 6) is 0.241. The van der Waals surface area contributed by atoms with E-state index < -0.39 is 10.0 Å². The smallest absolute Gasteiger partial charge is 0.264 e. The summed E-state index contributed by atoms with van der Waals surface area (Å²) >= 11 is 0. The molecule has 0 fully saturated rings. The molecule has 0 aromatic heterocycles. The normalized spacial score (nSPS) is 15.2. The Balaban J connectivity index is 1.52. The fraction of sp³-hybridized carbons (Fsp3) is 0.208. The molecule has 0 bridgehead atoms. The van der Waals surface area contributed by atoms with Crippen LogP contribution in [0.15, 0.2) is 77.7 Å². The highest BCUT2D eigenvalue weighted by molar-refractivity contribution is 7.92. The van der Waals surface area contributed by atoms with Crippen molar-refractivity contribution in [2.24, 2.45) is 0 Å². The number of rotatable bonds is 6. The van der Waals surface area contributed by atoms with E-state index in [4.69, 9.17) is 4.74 Å². The average Bonchev–Trinajstić information content (AvgIpc) is 3.21. The fourth-order valence-corrected chi connectivity index (χ4v) is 5.11. The molecule has 0 aliphatic heterocycles. The number of ether oxygens (including phenoxy) is 1. The maximum absolute atomic E-state index is 13.1. The Labute approximate surface area is 182 Å². The molecule has 6 nitrogen and oxygen atoms in total. The van der Waals surface area contributed by atoms with Crippen molar-refractivity contribution in [1.29, 1.82) is 0 Å². The van der Waals surface area contributed by atoms with Crippen LogP contribution in [-0.4, -0.2) is 28.5 Å². The zero-order valence-electron chi connectivity index (χ0n) is 17.4. The minimum atomic E-state index is -3.81. The SMILES string of the molecule is COc1ccccc1N(C)S(=O)(=O)c1ccc(C(=O)NC2CCc3ccccc32)cc1. The number of carbonyl (C=O) groups is 1. The first kappa shape index (κ1) is 20.9. The maximum Gasteiger partial charge on any atom is 0.264 e. The van der Waals surface area contributed by atoms with Gasteiger partial charge >= 0.3 is 0 Å². The predicted molar refractivity (Wildman–Crippen MR) is 120 cm³/mol. The first-order valence-electron chi connectivity index (χ1n) is 10.0. The van der Waals surface area contributed by atoms with Crippen molar-refractivity contribution in [1.82, 2.24) is 5.32 Å². The summed E-state index contributed by atoms with van der Waals surface area (Å²) in [6.45, 7) is 0. The Hall–Kier alpha value is -3.32. The number of methoxy groups -OCH3 is 1. The minimum absolute atomic E-state index is 0.0243. The zero-order valence-corrected chi connectivity index (χ0v) is 18.2. The molecule has 0 heterocycles. The monoisotopic (exact) mass is 436 g/mol. The number of amides is 1. The number of sulfonamides is 1. The van der Waals surface area contributed by atoms with Crippen molar-refractivity contribution in [2.45, 2.75) is 23.8 Å².